The standard InChI is InChI=1S/C19H23N3O3/c23-17-14-21(18(24)16-7-10-20-25-16)12-9-19(17)8-4-11-22(19)13-15-5-2-1-3-6-15/h1-3,5-7,10,17,23H,4,8-9,11-14H2/t17-,19-/m0/s1. The van der Waals surface area contributed by atoms with E-state index >= 15 is 0 Å². The molecule has 4 rings (SSSR count). The Labute approximate surface area is 147 Å². The van der Waals surface area contributed by atoms with Gasteiger partial charge in [-0.3, -0.25) is 9.69 Å². The summed E-state index contributed by atoms with van der Waals surface area (Å²) in [7, 11) is 0. The molecular weight excluding hydrogens is 318 g/mol. The van der Waals surface area contributed by atoms with E-state index in [0.29, 0.717) is 13.1 Å². The second-order valence-corrected chi connectivity index (χ2v) is 7.01. The molecule has 2 saturated heterocycles. The molecule has 132 valence electrons. The van der Waals surface area contributed by atoms with Crippen LogP contribution in [0.1, 0.15) is 35.4 Å². The number of amides is 1. The van der Waals surface area contributed by atoms with Crippen LogP contribution in [0, 0.1) is 0 Å². The van der Waals surface area contributed by atoms with Gasteiger partial charge < -0.3 is 14.5 Å². The highest BCUT2D eigenvalue weighted by atomic mass is 16.5. The maximum Gasteiger partial charge on any atom is 0.292 e. The minimum absolute atomic E-state index is 0.195. The van der Waals surface area contributed by atoms with Crippen LogP contribution in [0.4, 0.5) is 0 Å². The highest BCUT2D eigenvalue weighted by molar-refractivity contribution is 5.91. The third-order valence-corrected chi connectivity index (χ3v) is 5.65. The topological polar surface area (TPSA) is 69.8 Å². The van der Waals surface area contributed by atoms with Gasteiger partial charge in [0.25, 0.3) is 5.91 Å². The van der Waals surface area contributed by atoms with Gasteiger partial charge in [0.15, 0.2) is 0 Å². The Hall–Kier alpha value is -2.18. The minimum atomic E-state index is -0.556. The normalized spacial score (nSPS) is 27.1. The molecule has 3 heterocycles. The summed E-state index contributed by atoms with van der Waals surface area (Å²) in [6.07, 6.45) is 3.75. The summed E-state index contributed by atoms with van der Waals surface area (Å²) in [5.41, 5.74) is 1.03. The van der Waals surface area contributed by atoms with Crippen LogP contribution in [-0.4, -0.2) is 57.2 Å². The van der Waals surface area contributed by atoms with Gasteiger partial charge >= 0.3 is 0 Å². The highest BCUT2D eigenvalue weighted by Gasteiger charge is 2.50. The fraction of sp³-hybridized carbons (Fsp3) is 0.474. The molecule has 2 aliphatic heterocycles. The minimum Gasteiger partial charge on any atom is -0.389 e. The molecule has 1 aromatic carbocycles. The van der Waals surface area contributed by atoms with Crippen LogP contribution >= 0.6 is 0 Å². The molecule has 0 aliphatic carbocycles. The van der Waals surface area contributed by atoms with Gasteiger partial charge in [0.2, 0.25) is 5.76 Å². The van der Waals surface area contributed by atoms with Crippen LogP contribution in [0.3, 0.4) is 0 Å². The number of nitrogens with zero attached hydrogens (tertiary/aromatic N) is 3. The number of aliphatic hydroxyl groups excluding tert-OH is 1. The van der Waals surface area contributed by atoms with E-state index in [1.807, 2.05) is 18.2 Å². The molecule has 2 aliphatic rings. The average Bonchev–Trinajstić information content (AvgIpc) is 3.29. The summed E-state index contributed by atoms with van der Waals surface area (Å²) in [5.74, 6) is 0.0368. The van der Waals surface area contributed by atoms with Crippen molar-refractivity contribution in [3.05, 3.63) is 53.9 Å². The number of hydrogen-bond donors (Lipinski definition) is 1. The number of carbonyl (C=O) groups excluding carboxylic acids is 1. The fourth-order valence-electron chi connectivity index (χ4n) is 4.29. The smallest absolute Gasteiger partial charge is 0.292 e. The Bertz CT molecular complexity index is 719. The number of piperidine rings is 1. The summed E-state index contributed by atoms with van der Waals surface area (Å²) in [4.78, 5) is 16.5. The van der Waals surface area contributed by atoms with Crippen molar-refractivity contribution in [3.8, 4) is 0 Å². The van der Waals surface area contributed by atoms with Crippen molar-refractivity contribution in [3.63, 3.8) is 0 Å². The Balaban J connectivity index is 1.48. The molecule has 0 unspecified atom stereocenters. The Kier molecular flexibility index (Phi) is 4.31. The maximum atomic E-state index is 12.4. The van der Waals surface area contributed by atoms with Crippen molar-refractivity contribution in [2.45, 2.75) is 37.5 Å². The van der Waals surface area contributed by atoms with Gasteiger partial charge in [-0.15, -0.1) is 0 Å². The first-order chi connectivity index (χ1) is 12.2. The van der Waals surface area contributed by atoms with E-state index in [1.54, 1.807) is 11.0 Å². The summed E-state index contributed by atoms with van der Waals surface area (Å²) in [5, 5.41) is 14.5. The summed E-state index contributed by atoms with van der Waals surface area (Å²) in [6.45, 7) is 2.79. The molecule has 1 N–H and O–H groups in total. The molecule has 0 bridgehead atoms. The van der Waals surface area contributed by atoms with Gasteiger partial charge in [-0.05, 0) is 31.4 Å². The van der Waals surface area contributed by atoms with Crippen molar-refractivity contribution < 1.29 is 14.4 Å². The fourth-order valence-corrected chi connectivity index (χ4v) is 4.29. The van der Waals surface area contributed by atoms with Crippen molar-refractivity contribution in [2.75, 3.05) is 19.6 Å². The number of aromatic nitrogens is 1. The van der Waals surface area contributed by atoms with Gasteiger partial charge in [-0.25, -0.2) is 0 Å². The molecule has 25 heavy (non-hydrogen) atoms. The third kappa shape index (κ3) is 2.96. The largest absolute Gasteiger partial charge is 0.389 e. The quantitative estimate of drug-likeness (QED) is 0.924. The zero-order valence-electron chi connectivity index (χ0n) is 14.2. The zero-order valence-corrected chi connectivity index (χ0v) is 14.2. The second-order valence-electron chi connectivity index (χ2n) is 7.01. The molecule has 0 saturated carbocycles. The number of aliphatic hydroxyl groups is 1. The molecule has 1 spiro atoms. The Morgan fingerprint density at radius 2 is 2.08 bits per heavy atom. The van der Waals surface area contributed by atoms with E-state index in [9.17, 15) is 9.90 Å². The zero-order chi connectivity index (χ0) is 17.3. The first kappa shape index (κ1) is 16.3. The SMILES string of the molecule is O=C(c1ccno1)N1CC[C@@]2(CCCN2Cc2ccccc2)[C@@H](O)C1. The van der Waals surface area contributed by atoms with Crippen LogP contribution in [-0.2, 0) is 6.54 Å². The first-order valence-electron chi connectivity index (χ1n) is 8.86. The Morgan fingerprint density at radius 1 is 1.24 bits per heavy atom. The van der Waals surface area contributed by atoms with Crippen LogP contribution < -0.4 is 0 Å². The summed E-state index contributed by atoms with van der Waals surface area (Å²) in [6, 6.07) is 11.9. The van der Waals surface area contributed by atoms with E-state index in [0.717, 1.165) is 32.4 Å². The summed E-state index contributed by atoms with van der Waals surface area (Å²) < 4.78 is 4.97. The third-order valence-electron chi connectivity index (χ3n) is 5.65. The lowest BCUT2D eigenvalue weighted by Crippen LogP contribution is -2.62. The first-order valence-corrected chi connectivity index (χ1v) is 8.86. The number of likely N-dealkylation sites (tertiary alicyclic amines) is 2. The van der Waals surface area contributed by atoms with E-state index < -0.39 is 6.10 Å². The predicted octanol–water partition coefficient (Wildman–Crippen LogP) is 1.92. The summed E-state index contributed by atoms with van der Waals surface area (Å²) >= 11 is 0. The van der Waals surface area contributed by atoms with E-state index in [4.69, 9.17) is 4.52 Å². The number of hydrogen-bond acceptors (Lipinski definition) is 5. The monoisotopic (exact) mass is 341 g/mol. The van der Waals surface area contributed by atoms with Crippen molar-refractivity contribution in [1.82, 2.24) is 15.0 Å². The van der Waals surface area contributed by atoms with Crippen LogP contribution in [0.15, 0.2) is 47.1 Å². The van der Waals surface area contributed by atoms with Gasteiger partial charge in [-0.1, -0.05) is 35.5 Å². The number of carbonyl (C=O) groups is 1. The second kappa shape index (κ2) is 6.61. The van der Waals surface area contributed by atoms with Crippen LogP contribution in [0.5, 0.6) is 0 Å². The average molecular weight is 341 g/mol. The number of β-amino-alcohol motifs (C(OH)–C–C–N with tert-alkyl or cyclic N) is 1. The molecule has 2 fully saturated rings. The molecule has 1 amide bonds. The predicted molar refractivity (Wildman–Crippen MR) is 91.8 cm³/mol. The lowest BCUT2D eigenvalue weighted by atomic mass is 9.82. The van der Waals surface area contributed by atoms with Crippen molar-refractivity contribution >= 4 is 5.91 Å². The van der Waals surface area contributed by atoms with E-state index in [-0.39, 0.29) is 17.2 Å². The van der Waals surface area contributed by atoms with Gasteiger partial charge in [0, 0.05) is 25.7 Å². The molecule has 6 heteroatoms. The van der Waals surface area contributed by atoms with Gasteiger partial charge in [0.05, 0.1) is 17.8 Å². The number of rotatable bonds is 3. The van der Waals surface area contributed by atoms with Gasteiger partial charge in [-0.2, -0.15) is 0 Å². The molecule has 2 aromatic rings. The van der Waals surface area contributed by atoms with E-state index in [1.165, 1.54) is 11.8 Å². The molecular formula is C19H23N3O3. The van der Waals surface area contributed by atoms with Crippen molar-refractivity contribution in [2.24, 2.45) is 0 Å². The molecule has 6 nitrogen and oxygen atoms in total. The lowest BCUT2D eigenvalue weighted by molar-refractivity contribution is -0.0602. The Morgan fingerprint density at radius 3 is 2.80 bits per heavy atom. The van der Waals surface area contributed by atoms with Crippen LogP contribution in [0.25, 0.3) is 0 Å². The lowest BCUT2D eigenvalue weighted by Gasteiger charge is -2.48. The molecule has 0 radical (unpaired) electrons. The van der Waals surface area contributed by atoms with Crippen LogP contribution in [0.2, 0.25) is 0 Å². The van der Waals surface area contributed by atoms with E-state index in [2.05, 4.69) is 22.2 Å². The molecule has 1 aromatic heterocycles. The van der Waals surface area contributed by atoms with Gasteiger partial charge in [0.1, 0.15) is 0 Å². The maximum absolute atomic E-state index is 12.4. The number of benzene rings is 1. The highest BCUT2D eigenvalue weighted by Crippen LogP contribution is 2.39. The van der Waals surface area contributed by atoms with Crippen molar-refractivity contribution in [1.29, 1.82) is 0 Å². The molecule has 2 atom stereocenters.